The molecule has 2 saturated heterocycles. The number of rotatable bonds is 3. The van der Waals surface area contributed by atoms with E-state index >= 15 is 0 Å². The average molecular weight is 260 g/mol. The van der Waals surface area contributed by atoms with Gasteiger partial charge in [0.05, 0.1) is 23.8 Å². The van der Waals surface area contributed by atoms with Crippen molar-refractivity contribution in [2.24, 2.45) is 0 Å². The molecule has 2 aliphatic rings. The summed E-state index contributed by atoms with van der Waals surface area (Å²) in [6.45, 7) is 5.66. The predicted molar refractivity (Wildman–Crippen MR) is 75.3 cm³/mol. The quantitative estimate of drug-likeness (QED) is 0.890. The fourth-order valence-corrected chi connectivity index (χ4v) is 3.00. The summed E-state index contributed by atoms with van der Waals surface area (Å²) >= 11 is 0. The normalized spacial score (nSPS) is 22.6. The lowest BCUT2D eigenvalue weighted by Crippen LogP contribution is -2.51. The first-order valence-electron chi connectivity index (χ1n) is 7.01. The van der Waals surface area contributed by atoms with Crippen LogP contribution in [0.1, 0.15) is 19.8 Å². The molecule has 1 atom stereocenters. The fourth-order valence-electron chi connectivity index (χ4n) is 3.00. The molecule has 102 valence electrons. The van der Waals surface area contributed by atoms with Crippen molar-refractivity contribution >= 4 is 17.3 Å². The molecule has 1 amide bonds. The Morgan fingerprint density at radius 2 is 2.32 bits per heavy atom. The van der Waals surface area contributed by atoms with Crippen LogP contribution >= 0.6 is 0 Å². The number of nitrogens with zero attached hydrogens (tertiary/aromatic N) is 3. The Morgan fingerprint density at radius 3 is 3.16 bits per heavy atom. The highest BCUT2D eigenvalue weighted by molar-refractivity contribution is 5.79. The Kier molecular flexibility index (Phi) is 3.27. The summed E-state index contributed by atoms with van der Waals surface area (Å²) in [5.41, 5.74) is 2.21. The maximum Gasteiger partial charge on any atom is 0.223 e. The average Bonchev–Trinajstić information content (AvgIpc) is 2.81. The SMILES string of the molecule is CCNc1cncc(N2CCN3C(=O)CCC3C2)c1. The van der Waals surface area contributed by atoms with Crippen LogP contribution in [-0.2, 0) is 4.79 Å². The summed E-state index contributed by atoms with van der Waals surface area (Å²) in [6, 6.07) is 2.53. The second kappa shape index (κ2) is 5.07. The van der Waals surface area contributed by atoms with Crippen LogP contribution < -0.4 is 10.2 Å². The number of carbonyl (C=O) groups excluding carboxylic acids is 1. The number of hydrogen-bond acceptors (Lipinski definition) is 4. The van der Waals surface area contributed by atoms with Crippen molar-refractivity contribution < 1.29 is 4.79 Å². The topological polar surface area (TPSA) is 48.5 Å². The number of piperazine rings is 1. The van der Waals surface area contributed by atoms with Crippen molar-refractivity contribution in [2.45, 2.75) is 25.8 Å². The third-order valence-corrected chi connectivity index (χ3v) is 3.96. The van der Waals surface area contributed by atoms with Crippen molar-refractivity contribution in [3.8, 4) is 0 Å². The smallest absolute Gasteiger partial charge is 0.223 e. The third kappa shape index (κ3) is 2.37. The Labute approximate surface area is 113 Å². The van der Waals surface area contributed by atoms with E-state index in [0.717, 1.165) is 44.0 Å². The summed E-state index contributed by atoms with van der Waals surface area (Å²) in [5.74, 6) is 0.323. The van der Waals surface area contributed by atoms with Gasteiger partial charge in [-0.3, -0.25) is 9.78 Å². The summed E-state index contributed by atoms with van der Waals surface area (Å²) < 4.78 is 0. The number of hydrogen-bond donors (Lipinski definition) is 1. The molecule has 19 heavy (non-hydrogen) atoms. The number of aromatic nitrogens is 1. The molecule has 5 nitrogen and oxygen atoms in total. The van der Waals surface area contributed by atoms with Gasteiger partial charge in [0, 0.05) is 38.6 Å². The van der Waals surface area contributed by atoms with Gasteiger partial charge in [-0.05, 0) is 19.4 Å². The van der Waals surface area contributed by atoms with Crippen LogP contribution in [-0.4, -0.2) is 48.0 Å². The number of carbonyl (C=O) groups is 1. The maximum absolute atomic E-state index is 11.7. The lowest BCUT2D eigenvalue weighted by Gasteiger charge is -2.38. The number of nitrogens with one attached hydrogen (secondary N) is 1. The van der Waals surface area contributed by atoms with Gasteiger partial charge in [0.2, 0.25) is 5.91 Å². The second-order valence-corrected chi connectivity index (χ2v) is 5.19. The molecule has 2 aliphatic heterocycles. The van der Waals surface area contributed by atoms with Crippen LogP contribution in [0.3, 0.4) is 0 Å². The Hall–Kier alpha value is -1.78. The predicted octanol–water partition coefficient (Wildman–Crippen LogP) is 1.32. The molecule has 1 aromatic rings. The van der Waals surface area contributed by atoms with Crippen LogP contribution in [0.15, 0.2) is 18.5 Å². The monoisotopic (exact) mass is 260 g/mol. The highest BCUT2D eigenvalue weighted by Gasteiger charge is 2.35. The molecular formula is C14H20N4O. The molecule has 1 aromatic heterocycles. The second-order valence-electron chi connectivity index (χ2n) is 5.19. The molecular weight excluding hydrogens is 240 g/mol. The van der Waals surface area contributed by atoms with E-state index in [1.807, 2.05) is 17.3 Å². The van der Waals surface area contributed by atoms with E-state index in [-0.39, 0.29) is 0 Å². The van der Waals surface area contributed by atoms with Crippen LogP contribution in [0.2, 0.25) is 0 Å². The van der Waals surface area contributed by atoms with E-state index < -0.39 is 0 Å². The zero-order chi connectivity index (χ0) is 13.2. The van der Waals surface area contributed by atoms with Crippen molar-refractivity contribution in [2.75, 3.05) is 36.4 Å². The van der Waals surface area contributed by atoms with Gasteiger partial charge in [0.15, 0.2) is 0 Å². The minimum atomic E-state index is 0.323. The van der Waals surface area contributed by atoms with Gasteiger partial charge < -0.3 is 15.1 Å². The van der Waals surface area contributed by atoms with Crippen LogP contribution in [0, 0.1) is 0 Å². The van der Waals surface area contributed by atoms with Crippen molar-refractivity contribution in [3.63, 3.8) is 0 Å². The molecule has 3 heterocycles. The third-order valence-electron chi connectivity index (χ3n) is 3.96. The molecule has 0 aromatic carbocycles. The highest BCUT2D eigenvalue weighted by atomic mass is 16.2. The van der Waals surface area contributed by atoms with Gasteiger partial charge >= 0.3 is 0 Å². The van der Waals surface area contributed by atoms with Crippen molar-refractivity contribution in [1.29, 1.82) is 0 Å². The minimum absolute atomic E-state index is 0.323. The first kappa shape index (κ1) is 12.3. The lowest BCUT2D eigenvalue weighted by molar-refractivity contribution is -0.129. The highest BCUT2D eigenvalue weighted by Crippen LogP contribution is 2.26. The Morgan fingerprint density at radius 1 is 1.42 bits per heavy atom. The van der Waals surface area contributed by atoms with Crippen molar-refractivity contribution in [3.05, 3.63) is 18.5 Å². The lowest BCUT2D eigenvalue weighted by atomic mass is 10.1. The van der Waals surface area contributed by atoms with Gasteiger partial charge in [0.25, 0.3) is 0 Å². The first-order chi connectivity index (χ1) is 9.28. The van der Waals surface area contributed by atoms with Crippen LogP contribution in [0.4, 0.5) is 11.4 Å². The molecule has 1 N–H and O–H groups in total. The molecule has 2 fully saturated rings. The van der Waals surface area contributed by atoms with Gasteiger partial charge in [0.1, 0.15) is 0 Å². The maximum atomic E-state index is 11.7. The molecule has 5 heteroatoms. The van der Waals surface area contributed by atoms with Gasteiger partial charge in [-0.1, -0.05) is 0 Å². The molecule has 0 saturated carbocycles. The summed E-state index contributed by atoms with van der Waals surface area (Å²) in [4.78, 5) is 20.4. The molecule has 0 radical (unpaired) electrons. The molecule has 1 unspecified atom stereocenters. The zero-order valence-corrected chi connectivity index (χ0v) is 11.3. The van der Waals surface area contributed by atoms with Crippen LogP contribution in [0.5, 0.6) is 0 Å². The number of pyridine rings is 1. The van der Waals surface area contributed by atoms with E-state index in [1.54, 1.807) is 0 Å². The Bertz CT molecular complexity index is 476. The summed E-state index contributed by atoms with van der Waals surface area (Å²) in [7, 11) is 0. The van der Waals surface area contributed by atoms with E-state index in [2.05, 4.69) is 28.2 Å². The Balaban J connectivity index is 1.73. The van der Waals surface area contributed by atoms with E-state index in [9.17, 15) is 4.79 Å². The van der Waals surface area contributed by atoms with Gasteiger partial charge in [-0.2, -0.15) is 0 Å². The largest absolute Gasteiger partial charge is 0.384 e. The standard InChI is InChI=1S/C14H20N4O/c1-2-16-11-7-13(9-15-8-11)17-5-6-18-12(10-17)3-4-14(18)19/h7-9,12,16H,2-6,10H2,1H3. The molecule has 0 spiro atoms. The van der Waals surface area contributed by atoms with Gasteiger partial charge in [-0.15, -0.1) is 0 Å². The summed E-state index contributed by atoms with van der Waals surface area (Å²) in [5, 5.41) is 3.29. The van der Waals surface area contributed by atoms with E-state index in [4.69, 9.17) is 0 Å². The number of anilines is 2. The fraction of sp³-hybridized carbons (Fsp3) is 0.571. The number of amides is 1. The van der Waals surface area contributed by atoms with Gasteiger partial charge in [-0.25, -0.2) is 0 Å². The first-order valence-corrected chi connectivity index (χ1v) is 7.01. The van der Waals surface area contributed by atoms with Crippen LogP contribution in [0.25, 0.3) is 0 Å². The number of fused-ring (bicyclic) bond motifs is 1. The molecule has 0 aliphatic carbocycles. The minimum Gasteiger partial charge on any atom is -0.384 e. The van der Waals surface area contributed by atoms with E-state index in [0.29, 0.717) is 18.4 Å². The van der Waals surface area contributed by atoms with E-state index in [1.165, 1.54) is 0 Å². The molecule has 0 bridgehead atoms. The zero-order valence-electron chi connectivity index (χ0n) is 11.3. The van der Waals surface area contributed by atoms with Crippen molar-refractivity contribution in [1.82, 2.24) is 9.88 Å². The molecule has 3 rings (SSSR count). The summed E-state index contributed by atoms with van der Waals surface area (Å²) in [6.07, 6.45) is 5.47.